The monoisotopic (exact) mass is 351 g/mol. The van der Waals surface area contributed by atoms with Crippen LogP contribution in [-0.2, 0) is 4.79 Å². The van der Waals surface area contributed by atoms with E-state index in [-0.39, 0.29) is 14.6 Å². The summed E-state index contributed by atoms with van der Waals surface area (Å²) >= 11 is 7.09. The number of alkyl halides is 2. The fourth-order valence-electron chi connectivity index (χ4n) is 2.50. The van der Waals surface area contributed by atoms with Crippen LogP contribution in [0.3, 0.4) is 0 Å². The smallest absolute Gasteiger partial charge is 0.228 e. The summed E-state index contributed by atoms with van der Waals surface area (Å²) in [4.78, 5) is 12.2. The summed E-state index contributed by atoms with van der Waals surface area (Å²) in [7, 11) is 0. The molecule has 4 heteroatoms. The van der Waals surface area contributed by atoms with Crippen LogP contribution < -0.4 is 5.32 Å². The van der Waals surface area contributed by atoms with Crippen molar-refractivity contribution in [3.05, 3.63) is 0 Å². The molecule has 0 aliphatic heterocycles. The van der Waals surface area contributed by atoms with Gasteiger partial charge in [0.05, 0.1) is 8.65 Å². The lowest BCUT2D eigenvalue weighted by Crippen LogP contribution is -2.44. The zero-order valence-corrected chi connectivity index (χ0v) is 13.0. The SMILES string of the molecule is C[C@H]1CCCC[C@H]1NC(=O)[C@@]1(C)CC1(Br)Br. The van der Waals surface area contributed by atoms with Gasteiger partial charge < -0.3 is 5.32 Å². The standard InChI is InChI=1S/C12H19Br2NO/c1-8-5-3-4-6-9(8)15-10(16)11(2)7-12(11,13)14/h8-9H,3-7H2,1-2H3,(H,15,16)/t8-,9+,11+/m0/s1. The van der Waals surface area contributed by atoms with Crippen molar-refractivity contribution < 1.29 is 4.79 Å². The van der Waals surface area contributed by atoms with E-state index in [2.05, 4.69) is 44.1 Å². The van der Waals surface area contributed by atoms with E-state index in [4.69, 9.17) is 0 Å². The van der Waals surface area contributed by atoms with E-state index in [9.17, 15) is 4.79 Å². The second-order valence-corrected chi connectivity index (χ2v) is 9.33. The Hall–Kier alpha value is 0.430. The van der Waals surface area contributed by atoms with Crippen molar-refractivity contribution in [1.29, 1.82) is 0 Å². The number of hydrogen-bond donors (Lipinski definition) is 1. The quantitative estimate of drug-likeness (QED) is 0.756. The molecule has 0 unspecified atom stereocenters. The highest BCUT2D eigenvalue weighted by atomic mass is 79.9. The van der Waals surface area contributed by atoms with Crippen molar-refractivity contribution in [2.75, 3.05) is 0 Å². The van der Waals surface area contributed by atoms with Crippen LogP contribution in [0.4, 0.5) is 0 Å². The van der Waals surface area contributed by atoms with Crippen LogP contribution in [0.1, 0.15) is 46.0 Å². The van der Waals surface area contributed by atoms with E-state index in [0.717, 1.165) is 12.8 Å². The number of amides is 1. The zero-order valence-electron chi connectivity index (χ0n) is 9.85. The Bertz CT molecular complexity index is 305. The van der Waals surface area contributed by atoms with Crippen LogP contribution in [-0.4, -0.2) is 15.2 Å². The lowest BCUT2D eigenvalue weighted by Gasteiger charge is -2.30. The molecule has 0 aromatic carbocycles. The van der Waals surface area contributed by atoms with Gasteiger partial charge in [-0.3, -0.25) is 4.79 Å². The number of halogens is 2. The Balaban J connectivity index is 1.93. The van der Waals surface area contributed by atoms with Gasteiger partial charge in [-0.25, -0.2) is 0 Å². The van der Waals surface area contributed by atoms with Crippen molar-refractivity contribution in [3.8, 4) is 0 Å². The van der Waals surface area contributed by atoms with E-state index < -0.39 is 0 Å². The highest BCUT2D eigenvalue weighted by Crippen LogP contribution is 2.66. The Morgan fingerprint density at radius 2 is 1.88 bits per heavy atom. The van der Waals surface area contributed by atoms with Gasteiger partial charge in [-0.1, -0.05) is 51.6 Å². The molecule has 0 saturated heterocycles. The second-order valence-electron chi connectivity index (χ2n) is 5.56. The fraction of sp³-hybridized carbons (Fsp3) is 0.917. The van der Waals surface area contributed by atoms with E-state index in [1.54, 1.807) is 0 Å². The molecule has 1 amide bonds. The van der Waals surface area contributed by atoms with Crippen molar-refractivity contribution in [2.45, 2.75) is 55.2 Å². The van der Waals surface area contributed by atoms with Crippen LogP contribution in [0.25, 0.3) is 0 Å². The molecule has 0 heterocycles. The number of nitrogens with one attached hydrogen (secondary N) is 1. The first-order valence-corrected chi connectivity index (χ1v) is 7.64. The summed E-state index contributed by atoms with van der Waals surface area (Å²) in [6.45, 7) is 4.26. The van der Waals surface area contributed by atoms with Gasteiger partial charge in [0.2, 0.25) is 5.91 Å². The van der Waals surface area contributed by atoms with Gasteiger partial charge in [0, 0.05) is 6.04 Å². The van der Waals surface area contributed by atoms with Gasteiger partial charge in [0.1, 0.15) is 0 Å². The average Bonchev–Trinajstić information content (AvgIpc) is 2.71. The van der Waals surface area contributed by atoms with Crippen LogP contribution >= 0.6 is 31.9 Å². The minimum absolute atomic E-state index is 0.172. The lowest BCUT2D eigenvalue weighted by atomic mass is 9.85. The van der Waals surface area contributed by atoms with Crippen molar-refractivity contribution in [1.82, 2.24) is 5.32 Å². The van der Waals surface area contributed by atoms with E-state index in [1.165, 1.54) is 19.3 Å². The summed E-state index contributed by atoms with van der Waals surface area (Å²) in [6, 6.07) is 0.384. The van der Waals surface area contributed by atoms with E-state index >= 15 is 0 Å². The first kappa shape index (κ1) is 12.9. The molecule has 0 aromatic rings. The maximum atomic E-state index is 12.2. The highest BCUT2D eigenvalue weighted by molar-refractivity contribution is 9.25. The highest BCUT2D eigenvalue weighted by Gasteiger charge is 2.66. The third-order valence-corrected chi connectivity index (χ3v) is 6.50. The van der Waals surface area contributed by atoms with Gasteiger partial charge in [-0.2, -0.15) is 0 Å². The molecule has 0 radical (unpaired) electrons. The Labute approximate surface area is 114 Å². The topological polar surface area (TPSA) is 29.1 Å². The molecule has 3 atom stereocenters. The lowest BCUT2D eigenvalue weighted by molar-refractivity contribution is -0.127. The van der Waals surface area contributed by atoms with Gasteiger partial charge in [-0.15, -0.1) is 0 Å². The van der Waals surface area contributed by atoms with Crippen molar-refractivity contribution in [2.24, 2.45) is 11.3 Å². The Morgan fingerprint density at radius 1 is 1.31 bits per heavy atom. The summed E-state index contributed by atoms with van der Waals surface area (Å²) in [6.07, 6.45) is 5.81. The van der Waals surface area contributed by atoms with E-state index in [0.29, 0.717) is 12.0 Å². The summed E-state index contributed by atoms with van der Waals surface area (Å²) in [5.74, 6) is 0.820. The molecule has 0 aromatic heterocycles. The molecule has 2 aliphatic carbocycles. The van der Waals surface area contributed by atoms with Crippen LogP contribution in [0.5, 0.6) is 0 Å². The molecular formula is C12H19Br2NO. The molecule has 2 rings (SSSR count). The molecule has 0 bridgehead atoms. The molecule has 92 valence electrons. The van der Waals surface area contributed by atoms with Crippen LogP contribution in [0, 0.1) is 11.3 Å². The molecule has 2 saturated carbocycles. The molecule has 2 aliphatic rings. The first-order valence-electron chi connectivity index (χ1n) is 6.06. The summed E-state index contributed by atoms with van der Waals surface area (Å²) < 4.78 is -0.172. The van der Waals surface area contributed by atoms with Gasteiger partial charge in [0.25, 0.3) is 0 Å². The third-order valence-electron chi connectivity index (χ3n) is 4.19. The van der Waals surface area contributed by atoms with Crippen molar-refractivity contribution in [3.63, 3.8) is 0 Å². The van der Waals surface area contributed by atoms with Gasteiger partial charge in [-0.05, 0) is 32.1 Å². The minimum Gasteiger partial charge on any atom is -0.353 e. The third kappa shape index (κ3) is 2.20. The largest absolute Gasteiger partial charge is 0.353 e. The first-order chi connectivity index (χ1) is 7.37. The number of carbonyl (C=O) groups is 1. The molecule has 0 spiro atoms. The maximum Gasteiger partial charge on any atom is 0.228 e. The predicted octanol–water partition coefficient (Wildman–Crippen LogP) is 3.58. The minimum atomic E-state index is -0.274. The van der Waals surface area contributed by atoms with E-state index in [1.807, 2.05) is 6.92 Å². The zero-order chi connectivity index (χ0) is 12.0. The Morgan fingerprint density at radius 3 is 2.38 bits per heavy atom. The summed E-state index contributed by atoms with van der Waals surface area (Å²) in [5, 5.41) is 3.23. The molecule has 16 heavy (non-hydrogen) atoms. The fourth-order valence-corrected chi connectivity index (χ4v) is 3.99. The average molecular weight is 353 g/mol. The van der Waals surface area contributed by atoms with Crippen LogP contribution in [0.15, 0.2) is 0 Å². The second kappa shape index (κ2) is 4.27. The maximum absolute atomic E-state index is 12.2. The molecule has 2 nitrogen and oxygen atoms in total. The normalized spacial score (nSPS) is 41.5. The summed E-state index contributed by atoms with van der Waals surface area (Å²) in [5.41, 5.74) is -0.274. The number of carbonyl (C=O) groups excluding carboxylic acids is 1. The van der Waals surface area contributed by atoms with Gasteiger partial charge >= 0.3 is 0 Å². The van der Waals surface area contributed by atoms with Gasteiger partial charge in [0.15, 0.2) is 0 Å². The van der Waals surface area contributed by atoms with Crippen LogP contribution in [0.2, 0.25) is 0 Å². The molecule has 2 fully saturated rings. The Kier molecular flexibility index (Phi) is 3.44. The number of rotatable bonds is 2. The molecular weight excluding hydrogens is 334 g/mol. The molecule has 1 N–H and O–H groups in total. The number of hydrogen-bond acceptors (Lipinski definition) is 1. The van der Waals surface area contributed by atoms with Crippen molar-refractivity contribution >= 4 is 37.8 Å². The predicted molar refractivity (Wildman–Crippen MR) is 72.9 cm³/mol.